The summed E-state index contributed by atoms with van der Waals surface area (Å²) in [5, 5.41) is 13.3. The molecule has 2 aromatic heterocycles. The molecule has 0 amide bonds. The third-order valence-corrected chi connectivity index (χ3v) is 2.67. The summed E-state index contributed by atoms with van der Waals surface area (Å²) in [7, 11) is 0. The Kier molecular flexibility index (Phi) is 3.38. The summed E-state index contributed by atoms with van der Waals surface area (Å²) in [6.45, 7) is -0.0647. The second-order valence-electron chi connectivity index (χ2n) is 4.07. The quantitative estimate of drug-likeness (QED) is 0.783. The van der Waals surface area contributed by atoms with Gasteiger partial charge in [-0.05, 0) is 23.8 Å². The second-order valence-corrected chi connectivity index (χ2v) is 4.07. The number of benzene rings is 1. The van der Waals surface area contributed by atoms with Gasteiger partial charge in [-0.25, -0.2) is 9.67 Å². The molecule has 3 aromatic rings. The molecule has 0 saturated carbocycles. The fourth-order valence-electron chi connectivity index (χ4n) is 1.70. The first-order chi connectivity index (χ1) is 9.85. The molecule has 100 valence electrons. The summed E-state index contributed by atoms with van der Waals surface area (Å²) >= 11 is 0. The van der Waals surface area contributed by atoms with Gasteiger partial charge in [-0.1, -0.05) is 18.2 Å². The highest BCUT2D eigenvalue weighted by atomic mass is 16.5. The lowest BCUT2D eigenvalue weighted by Gasteiger charge is -2.01. The van der Waals surface area contributed by atoms with Gasteiger partial charge in [0, 0.05) is 12.3 Å². The summed E-state index contributed by atoms with van der Waals surface area (Å²) in [5.41, 5.74) is 1.62. The highest BCUT2D eigenvalue weighted by molar-refractivity contribution is 5.30. The second kappa shape index (κ2) is 5.50. The molecule has 0 bridgehead atoms. The lowest BCUT2D eigenvalue weighted by molar-refractivity contribution is 0.281. The maximum Gasteiger partial charge on any atom is 0.342 e. The standard InChI is InChI=1S/C14H12N4O2/c19-9-11-6-7-15-13(8-11)20-14-16-10-18(17-14)12-4-2-1-3-5-12/h1-8,10,19H,9H2. The summed E-state index contributed by atoms with van der Waals surface area (Å²) in [6.07, 6.45) is 3.13. The molecular weight excluding hydrogens is 256 g/mol. The van der Waals surface area contributed by atoms with Crippen molar-refractivity contribution < 1.29 is 9.84 Å². The van der Waals surface area contributed by atoms with E-state index in [4.69, 9.17) is 9.84 Å². The molecule has 0 aliphatic heterocycles. The van der Waals surface area contributed by atoms with Crippen LogP contribution in [0.1, 0.15) is 5.56 Å². The molecule has 1 N–H and O–H groups in total. The van der Waals surface area contributed by atoms with Crippen molar-refractivity contribution in [2.75, 3.05) is 0 Å². The number of ether oxygens (including phenoxy) is 1. The molecule has 0 atom stereocenters. The monoisotopic (exact) mass is 268 g/mol. The van der Waals surface area contributed by atoms with Crippen molar-refractivity contribution in [3.63, 3.8) is 0 Å². The van der Waals surface area contributed by atoms with Gasteiger partial charge in [0.25, 0.3) is 0 Å². The number of para-hydroxylation sites is 1. The van der Waals surface area contributed by atoms with Crippen LogP contribution in [0.3, 0.4) is 0 Å². The van der Waals surface area contributed by atoms with E-state index < -0.39 is 0 Å². The first-order valence-corrected chi connectivity index (χ1v) is 6.06. The van der Waals surface area contributed by atoms with Gasteiger partial charge in [0.1, 0.15) is 6.33 Å². The minimum absolute atomic E-state index is 0.0647. The molecule has 3 rings (SSSR count). The lowest BCUT2D eigenvalue weighted by Crippen LogP contribution is -1.95. The molecule has 0 unspecified atom stereocenters. The number of hydrogen-bond donors (Lipinski definition) is 1. The average molecular weight is 268 g/mol. The SMILES string of the molecule is OCc1ccnc(Oc2ncn(-c3ccccc3)n2)c1. The smallest absolute Gasteiger partial charge is 0.342 e. The van der Waals surface area contributed by atoms with E-state index in [2.05, 4.69) is 15.1 Å². The van der Waals surface area contributed by atoms with Crippen LogP contribution in [0.15, 0.2) is 55.0 Å². The van der Waals surface area contributed by atoms with Gasteiger partial charge in [-0.2, -0.15) is 4.98 Å². The predicted molar refractivity (Wildman–Crippen MR) is 71.6 cm³/mol. The van der Waals surface area contributed by atoms with Crippen LogP contribution in [-0.2, 0) is 6.61 Å². The average Bonchev–Trinajstić information content (AvgIpc) is 2.97. The maximum atomic E-state index is 9.06. The number of aliphatic hydroxyl groups excluding tert-OH is 1. The Bertz CT molecular complexity index is 697. The van der Waals surface area contributed by atoms with E-state index in [0.717, 1.165) is 11.3 Å². The molecule has 1 aromatic carbocycles. The molecule has 2 heterocycles. The lowest BCUT2D eigenvalue weighted by atomic mass is 10.3. The summed E-state index contributed by atoms with van der Waals surface area (Å²) in [5.74, 6) is 0.349. The van der Waals surface area contributed by atoms with Crippen molar-refractivity contribution in [1.82, 2.24) is 19.7 Å². The highest BCUT2D eigenvalue weighted by Crippen LogP contribution is 2.16. The molecule has 0 spiro atoms. The molecule has 20 heavy (non-hydrogen) atoms. The van der Waals surface area contributed by atoms with Gasteiger partial charge in [0.05, 0.1) is 12.3 Å². The maximum absolute atomic E-state index is 9.06. The van der Waals surface area contributed by atoms with E-state index in [9.17, 15) is 0 Å². The third-order valence-electron chi connectivity index (χ3n) is 2.67. The predicted octanol–water partition coefficient (Wildman–Crippen LogP) is 1.95. The topological polar surface area (TPSA) is 73.1 Å². The Balaban J connectivity index is 1.80. The van der Waals surface area contributed by atoms with E-state index in [1.807, 2.05) is 30.3 Å². The molecular formula is C14H12N4O2. The number of rotatable bonds is 4. The van der Waals surface area contributed by atoms with Gasteiger partial charge in [-0.15, -0.1) is 5.10 Å². The van der Waals surface area contributed by atoms with Gasteiger partial charge in [-0.3, -0.25) is 0 Å². The van der Waals surface area contributed by atoms with Crippen molar-refractivity contribution in [1.29, 1.82) is 0 Å². The fraction of sp³-hybridized carbons (Fsp3) is 0.0714. The van der Waals surface area contributed by atoms with E-state index in [1.165, 1.54) is 0 Å². The summed E-state index contributed by atoms with van der Waals surface area (Å²) in [6, 6.07) is 13.2. The van der Waals surface area contributed by atoms with Gasteiger partial charge in [0.2, 0.25) is 5.88 Å². The number of aliphatic hydroxyl groups is 1. The number of hydrogen-bond acceptors (Lipinski definition) is 5. The van der Waals surface area contributed by atoms with Crippen molar-refractivity contribution in [3.05, 3.63) is 60.6 Å². The highest BCUT2D eigenvalue weighted by Gasteiger charge is 2.06. The van der Waals surface area contributed by atoms with Crippen molar-refractivity contribution in [2.24, 2.45) is 0 Å². The van der Waals surface area contributed by atoms with Gasteiger partial charge >= 0.3 is 6.01 Å². The zero-order chi connectivity index (χ0) is 13.8. The molecule has 0 aliphatic carbocycles. The Labute approximate surface area is 115 Å². The largest absolute Gasteiger partial charge is 0.404 e. The van der Waals surface area contributed by atoms with Crippen molar-refractivity contribution in [3.8, 4) is 17.6 Å². The van der Waals surface area contributed by atoms with Crippen LogP contribution in [0, 0.1) is 0 Å². The first kappa shape index (κ1) is 12.3. The van der Waals surface area contributed by atoms with Crippen LogP contribution in [-0.4, -0.2) is 24.9 Å². The summed E-state index contributed by atoms with van der Waals surface area (Å²) < 4.78 is 7.07. The Morgan fingerprint density at radius 2 is 1.95 bits per heavy atom. The minimum atomic E-state index is -0.0647. The van der Waals surface area contributed by atoms with Gasteiger partial charge in [0.15, 0.2) is 0 Å². The zero-order valence-corrected chi connectivity index (χ0v) is 10.5. The minimum Gasteiger partial charge on any atom is -0.404 e. The third kappa shape index (κ3) is 2.65. The van der Waals surface area contributed by atoms with Crippen LogP contribution in [0.5, 0.6) is 11.9 Å². The number of aromatic nitrogens is 4. The Hall–Kier alpha value is -2.73. The van der Waals surface area contributed by atoms with E-state index >= 15 is 0 Å². The molecule has 6 heteroatoms. The van der Waals surface area contributed by atoms with Crippen LogP contribution in [0.2, 0.25) is 0 Å². The van der Waals surface area contributed by atoms with Gasteiger partial charge < -0.3 is 9.84 Å². The van der Waals surface area contributed by atoms with E-state index in [0.29, 0.717) is 5.88 Å². The molecule has 6 nitrogen and oxygen atoms in total. The van der Waals surface area contributed by atoms with Crippen LogP contribution < -0.4 is 4.74 Å². The summed E-state index contributed by atoms with van der Waals surface area (Å²) in [4.78, 5) is 8.11. The fourth-order valence-corrected chi connectivity index (χ4v) is 1.70. The van der Waals surface area contributed by atoms with Crippen molar-refractivity contribution in [2.45, 2.75) is 6.61 Å². The Morgan fingerprint density at radius 1 is 1.10 bits per heavy atom. The van der Waals surface area contributed by atoms with Crippen LogP contribution >= 0.6 is 0 Å². The molecule has 0 saturated heterocycles. The Morgan fingerprint density at radius 3 is 2.75 bits per heavy atom. The van der Waals surface area contributed by atoms with E-state index in [-0.39, 0.29) is 12.6 Å². The number of pyridine rings is 1. The number of nitrogens with zero attached hydrogens (tertiary/aromatic N) is 4. The zero-order valence-electron chi connectivity index (χ0n) is 10.5. The molecule has 0 radical (unpaired) electrons. The molecule has 0 aliphatic rings. The first-order valence-electron chi connectivity index (χ1n) is 6.06. The molecule has 0 fully saturated rings. The normalized spacial score (nSPS) is 10.4. The van der Waals surface area contributed by atoms with E-state index in [1.54, 1.807) is 29.3 Å². The van der Waals surface area contributed by atoms with Crippen molar-refractivity contribution >= 4 is 0 Å². The van der Waals surface area contributed by atoms with Crippen LogP contribution in [0.25, 0.3) is 5.69 Å². The van der Waals surface area contributed by atoms with Crippen LogP contribution in [0.4, 0.5) is 0 Å².